The first-order chi connectivity index (χ1) is 14.3. The lowest BCUT2D eigenvalue weighted by Crippen LogP contribution is -2.36. The van der Waals surface area contributed by atoms with E-state index in [4.69, 9.17) is 9.47 Å². The fourth-order valence-corrected chi connectivity index (χ4v) is 5.09. The van der Waals surface area contributed by atoms with Crippen LogP contribution in [0.4, 0.5) is 0 Å². The van der Waals surface area contributed by atoms with Crippen LogP contribution in [0.15, 0.2) is 24.3 Å². The van der Waals surface area contributed by atoms with E-state index in [1.165, 1.54) is 31.2 Å². The molecule has 0 bridgehead atoms. The van der Waals surface area contributed by atoms with Crippen LogP contribution in [-0.2, 0) is 9.53 Å². The van der Waals surface area contributed by atoms with Crippen molar-refractivity contribution in [2.24, 2.45) is 11.3 Å². The van der Waals surface area contributed by atoms with Gasteiger partial charge in [-0.05, 0) is 86.9 Å². The lowest BCUT2D eigenvalue weighted by Gasteiger charge is -2.37. The van der Waals surface area contributed by atoms with E-state index in [0.29, 0.717) is 30.5 Å². The van der Waals surface area contributed by atoms with E-state index in [1.54, 1.807) is 0 Å². The number of hydrogen-bond donors (Lipinski definition) is 0. The third-order valence-electron chi connectivity index (χ3n) is 6.97. The molecule has 0 radical (unpaired) electrons. The Morgan fingerprint density at radius 1 is 1.13 bits per heavy atom. The van der Waals surface area contributed by atoms with E-state index in [9.17, 15) is 4.79 Å². The van der Waals surface area contributed by atoms with Crippen LogP contribution in [0.2, 0.25) is 0 Å². The van der Waals surface area contributed by atoms with Crippen LogP contribution in [0.25, 0.3) is 0 Å². The molecule has 1 saturated heterocycles. The van der Waals surface area contributed by atoms with Crippen LogP contribution in [0.1, 0.15) is 84.1 Å². The summed E-state index contributed by atoms with van der Waals surface area (Å²) in [6, 6.07) is 8.75. The van der Waals surface area contributed by atoms with E-state index in [1.807, 2.05) is 6.92 Å². The number of ether oxygens (including phenoxy) is 2. The molecule has 0 amide bonds. The maximum Gasteiger partial charge on any atom is 0.307 e. The second kappa shape index (κ2) is 10.7. The predicted octanol–water partition coefficient (Wildman–Crippen LogP) is 5.80. The topological polar surface area (TPSA) is 38.8 Å². The van der Waals surface area contributed by atoms with Gasteiger partial charge in [-0.3, -0.25) is 4.79 Å². The van der Waals surface area contributed by atoms with E-state index in [2.05, 4.69) is 49.9 Å². The van der Waals surface area contributed by atoms with Crippen molar-refractivity contribution in [3.63, 3.8) is 0 Å². The number of hydrogen-bond acceptors (Lipinski definition) is 4. The maximum absolute atomic E-state index is 11.7. The summed E-state index contributed by atoms with van der Waals surface area (Å²) in [6.45, 7) is 12.3. The molecule has 4 heteroatoms. The molecular weight excluding hydrogens is 374 g/mol. The molecule has 0 aromatic heterocycles. The summed E-state index contributed by atoms with van der Waals surface area (Å²) in [6.07, 6.45) is 8.09. The number of benzene rings is 1. The highest BCUT2D eigenvalue weighted by molar-refractivity contribution is 5.69. The number of piperidine rings is 1. The zero-order valence-corrected chi connectivity index (χ0v) is 19.5. The molecule has 0 spiro atoms. The normalized spacial score (nSPS) is 25.7. The molecule has 1 aromatic carbocycles. The van der Waals surface area contributed by atoms with Gasteiger partial charge in [-0.25, -0.2) is 0 Å². The third kappa shape index (κ3) is 6.73. The molecular formula is C26H41NO3. The summed E-state index contributed by atoms with van der Waals surface area (Å²) in [5.41, 5.74) is 1.78. The van der Waals surface area contributed by atoms with Crippen molar-refractivity contribution in [3.8, 4) is 5.75 Å². The molecule has 0 N–H and O–H groups in total. The molecule has 1 unspecified atom stereocenters. The Morgan fingerprint density at radius 3 is 2.60 bits per heavy atom. The minimum Gasteiger partial charge on any atom is -0.490 e. The average molecular weight is 416 g/mol. The largest absolute Gasteiger partial charge is 0.490 e. The summed E-state index contributed by atoms with van der Waals surface area (Å²) in [5, 5.41) is 0. The molecule has 1 atom stereocenters. The Kier molecular flexibility index (Phi) is 8.21. The van der Waals surface area contributed by atoms with Gasteiger partial charge in [-0.1, -0.05) is 32.9 Å². The molecule has 1 heterocycles. The molecule has 2 aliphatic rings. The molecule has 168 valence electrons. The number of nitrogens with zero attached hydrogens (tertiary/aromatic N) is 1. The van der Waals surface area contributed by atoms with Gasteiger partial charge in [0, 0.05) is 13.1 Å². The maximum atomic E-state index is 11.7. The highest BCUT2D eigenvalue weighted by atomic mass is 16.5. The summed E-state index contributed by atoms with van der Waals surface area (Å²) < 4.78 is 11.5. The fraction of sp³-hybridized carbons (Fsp3) is 0.731. The zero-order valence-electron chi connectivity index (χ0n) is 19.5. The Hall–Kier alpha value is -1.55. The van der Waals surface area contributed by atoms with Gasteiger partial charge in [0.1, 0.15) is 5.75 Å². The molecule has 2 fully saturated rings. The van der Waals surface area contributed by atoms with Crippen molar-refractivity contribution >= 4 is 5.97 Å². The van der Waals surface area contributed by atoms with E-state index < -0.39 is 0 Å². The number of carbonyl (C=O) groups excluding carboxylic acids is 1. The number of esters is 1. The van der Waals surface area contributed by atoms with Crippen LogP contribution >= 0.6 is 0 Å². The minimum absolute atomic E-state index is 0.0868. The van der Waals surface area contributed by atoms with E-state index in [0.717, 1.165) is 44.1 Å². The van der Waals surface area contributed by atoms with Crippen LogP contribution in [-0.4, -0.2) is 43.2 Å². The van der Waals surface area contributed by atoms with Gasteiger partial charge < -0.3 is 14.4 Å². The number of likely N-dealkylation sites (tertiary alicyclic amines) is 1. The first kappa shape index (κ1) is 23.1. The smallest absolute Gasteiger partial charge is 0.307 e. The molecule has 1 saturated carbocycles. The van der Waals surface area contributed by atoms with Crippen molar-refractivity contribution in [2.45, 2.75) is 84.7 Å². The van der Waals surface area contributed by atoms with Crippen LogP contribution in [0, 0.1) is 11.3 Å². The molecule has 30 heavy (non-hydrogen) atoms. The first-order valence-electron chi connectivity index (χ1n) is 12.0. The van der Waals surface area contributed by atoms with Gasteiger partial charge in [0.2, 0.25) is 0 Å². The predicted molar refractivity (Wildman–Crippen MR) is 122 cm³/mol. The SMILES string of the molecule is CCOC(=O)CCN1CCCC(c2cccc(OC3CCC(C(C)(C)C)CC3)c2)C1. The molecule has 1 aliphatic heterocycles. The molecule has 1 aliphatic carbocycles. The fourth-order valence-electron chi connectivity index (χ4n) is 5.09. The van der Waals surface area contributed by atoms with Crippen molar-refractivity contribution in [1.82, 2.24) is 4.90 Å². The Labute approximate surface area is 183 Å². The molecule has 4 nitrogen and oxygen atoms in total. The highest BCUT2D eigenvalue weighted by Gasteiger charge is 2.30. The summed E-state index contributed by atoms with van der Waals surface area (Å²) >= 11 is 0. The highest BCUT2D eigenvalue weighted by Crippen LogP contribution is 2.39. The quantitative estimate of drug-likeness (QED) is 0.527. The number of rotatable bonds is 7. The van der Waals surface area contributed by atoms with Gasteiger partial charge in [-0.2, -0.15) is 0 Å². The van der Waals surface area contributed by atoms with Gasteiger partial charge in [-0.15, -0.1) is 0 Å². The van der Waals surface area contributed by atoms with Gasteiger partial charge >= 0.3 is 5.97 Å². The van der Waals surface area contributed by atoms with Crippen molar-refractivity contribution < 1.29 is 14.3 Å². The average Bonchev–Trinajstić information content (AvgIpc) is 2.73. The molecule has 1 aromatic rings. The Balaban J connectivity index is 1.52. The van der Waals surface area contributed by atoms with E-state index >= 15 is 0 Å². The minimum atomic E-state index is -0.0868. The van der Waals surface area contributed by atoms with E-state index in [-0.39, 0.29) is 5.97 Å². The summed E-state index contributed by atoms with van der Waals surface area (Å²) in [5.74, 6) is 2.26. The summed E-state index contributed by atoms with van der Waals surface area (Å²) in [4.78, 5) is 14.1. The van der Waals surface area contributed by atoms with Gasteiger partial charge in [0.15, 0.2) is 0 Å². The standard InChI is InChI=1S/C26H41NO3/c1-5-29-25(28)15-17-27-16-7-9-21(19-27)20-8-6-10-24(18-20)30-23-13-11-22(12-14-23)26(2,3)4/h6,8,10,18,21-23H,5,7,9,11-17,19H2,1-4H3. The lowest BCUT2D eigenvalue weighted by molar-refractivity contribution is -0.143. The van der Waals surface area contributed by atoms with Crippen LogP contribution in [0.5, 0.6) is 5.75 Å². The Bertz CT molecular complexity index is 673. The molecule has 3 rings (SSSR count). The van der Waals surface area contributed by atoms with Crippen molar-refractivity contribution in [2.75, 3.05) is 26.2 Å². The van der Waals surface area contributed by atoms with Crippen molar-refractivity contribution in [1.29, 1.82) is 0 Å². The monoisotopic (exact) mass is 415 g/mol. The van der Waals surface area contributed by atoms with Crippen molar-refractivity contribution in [3.05, 3.63) is 29.8 Å². The number of carbonyl (C=O) groups is 1. The van der Waals surface area contributed by atoms with Crippen LogP contribution < -0.4 is 4.74 Å². The first-order valence-corrected chi connectivity index (χ1v) is 12.0. The van der Waals surface area contributed by atoms with Gasteiger partial charge in [0.05, 0.1) is 19.1 Å². The van der Waals surface area contributed by atoms with Gasteiger partial charge in [0.25, 0.3) is 0 Å². The third-order valence-corrected chi connectivity index (χ3v) is 6.97. The van der Waals surface area contributed by atoms with Crippen LogP contribution in [0.3, 0.4) is 0 Å². The zero-order chi connectivity index (χ0) is 21.6. The Morgan fingerprint density at radius 2 is 1.90 bits per heavy atom. The lowest BCUT2D eigenvalue weighted by atomic mass is 9.72. The second-order valence-electron chi connectivity index (χ2n) is 10.2. The second-order valence-corrected chi connectivity index (χ2v) is 10.2. The summed E-state index contributed by atoms with van der Waals surface area (Å²) in [7, 11) is 0.